The van der Waals surface area contributed by atoms with Crippen LogP contribution in [0.1, 0.15) is 32.8 Å². The van der Waals surface area contributed by atoms with Crippen molar-refractivity contribution in [3.63, 3.8) is 0 Å². The summed E-state index contributed by atoms with van der Waals surface area (Å²) in [5.41, 5.74) is 0.554. The van der Waals surface area contributed by atoms with Crippen molar-refractivity contribution in [3.8, 4) is 5.75 Å². The predicted molar refractivity (Wildman–Crippen MR) is 69.0 cm³/mol. The molecule has 0 fully saturated rings. The van der Waals surface area contributed by atoms with Gasteiger partial charge in [0.05, 0.1) is 6.61 Å². The van der Waals surface area contributed by atoms with Gasteiger partial charge >= 0.3 is 0 Å². The largest absolute Gasteiger partial charge is 0.493 e. The third-order valence-electron chi connectivity index (χ3n) is 2.30. The second-order valence-corrected chi connectivity index (χ2v) is 5.58. The molecule has 0 aliphatic rings. The van der Waals surface area contributed by atoms with Gasteiger partial charge in [-0.05, 0) is 23.5 Å². The molecule has 0 aliphatic heterocycles. The van der Waals surface area contributed by atoms with Crippen LogP contribution in [0.2, 0.25) is 0 Å². The van der Waals surface area contributed by atoms with Gasteiger partial charge in [-0.25, -0.2) is 4.39 Å². The summed E-state index contributed by atoms with van der Waals surface area (Å²) < 4.78 is 19.2. The fraction of sp³-hybridized carbons (Fsp3) is 0.538. The van der Waals surface area contributed by atoms with E-state index in [0.717, 1.165) is 17.3 Å². The molecule has 1 rings (SSSR count). The SMILES string of the molecule is CC(C)(C)c1ccc(OCCCBr)cc1F. The normalized spacial score (nSPS) is 11.6. The molecule has 3 heteroatoms. The Balaban J connectivity index is 2.75. The van der Waals surface area contributed by atoms with Gasteiger partial charge in [-0.2, -0.15) is 0 Å². The summed E-state index contributed by atoms with van der Waals surface area (Å²) in [6.45, 7) is 6.60. The summed E-state index contributed by atoms with van der Waals surface area (Å²) in [4.78, 5) is 0. The molecule has 0 aliphatic carbocycles. The quantitative estimate of drug-likeness (QED) is 0.593. The summed E-state index contributed by atoms with van der Waals surface area (Å²) in [7, 11) is 0. The van der Waals surface area contributed by atoms with Crippen molar-refractivity contribution in [1.82, 2.24) is 0 Å². The molecule has 0 unspecified atom stereocenters. The molecule has 0 spiro atoms. The summed E-state index contributed by atoms with van der Waals surface area (Å²) >= 11 is 3.32. The molecular formula is C13H18BrFO. The Morgan fingerprint density at radius 2 is 2.00 bits per heavy atom. The number of hydrogen-bond donors (Lipinski definition) is 0. The fourth-order valence-corrected chi connectivity index (χ4v) is 1.67. The number of benzene rings is 1. The number of hydrogen-bond acceptors (Lipinski definition) is 1. The molecule has 16 heavy (non-hydrogen) atoms. The van der Waals surface area contributed by atoms with Crippen LogP contribution < -0.4 is 4.74 Å². The number of halogens is 2. The molecule has 0 amide bonds. The van der Waals surface area contributed by atoms with Gasteiger partial charge < -0.3 is 4.74 Å². The van der Waals surface area contributed by atoms with E-state index in [0.29, 0.717) is 12.4 Å². The highest BCUT2D eigenvalue weighted by atomic mass is 79.9. The second kappa shape index (κ2) is 5.67. The van der Waals surface area contributed by atoms with E-state index in [4.69, 9.17) is 4.74 Å². The lowest BCUT2D eigenvalue weighted by Crippen LogP contribution is -2.13. The zero-order valence-corrected chi connectivity index (χ0v) is 11.6. The van der Waals surface area contributed by atoms with Gasteiger partial charge in [0.1, 0.15) is 11.6 Å². The lowest BCUT2D eigenvalue weighted by atomic mass is 9.87. The van der Waals surface area contributed by atoms with Gasteiger partial charge in [-0.3, -0.25) is 0 Å². The molecule has 0 N–H and O–H groups in total. The van der Waals surface area contributed by atoms with Gasteiger partial charge in [0, 0.05) is 11.4 Å². The molecule has 0 bridgehead atoms. The summed E-state index contributed by atoms with van der Waals surface area (Å²) in [6, 6.07) is 5.10. The van der Waals surface area contributed by atoms with E-state index < -0.39 is 0 Å². The van der Waals surface area contributed by atoms with Crippen molar-refractivity contribution in [3.05, 3.63) is 29.6 Å². The van der Waals surface area contributed by atoms with Crippen molar-refractivity contribution in [2.45, 2.75) is 32.6 Å². The molecule has 0 heterocycles. The molecule has 1 aromatic rings. The smallest absolute Gasteiger partial charge is 0.130 e. The zero-order valence-electron chi connectivity index (χ0n) is 10.0. The molecule has 0 aromatic heterocycles. The topological polar surface area (TPSA) is 9.23 Å². The molecule has 0 saturated carbocycles. The van der Waals surface area contributed by atoms with Crippen LogP contribution in [0.25, 0.3) is 0 Å². The highest BCUT2D eigenvalue weighted by Crippen LogP contribution is 2.27. The van der Waals surface area contributed by atoms with Crippen molar-refractivity contribution >= 4 is 15.9 Å². The van der Waals surface area contributed by atoms with Crippen LogP contribution in [-0.2, 0) is 5.41 Å². The van der Waals surface area contributed by atoms with Crippen LogP contribution in [0.3, 0.4) is 0 Å². The first-order valence-electron chi connectivity index (χ1n) is 5.44. The zero-order chi connectivity index (χ0) is 12.2. The second-order valence-electron chi connectivity index (χ2n) is 4.78. The summed E-state index contributed by atoms with van der Waals surface area (Å²) in [6.07, 6.45) is 0.919. The Morgan fingerprint density at radius 3 is 2.50 bits per heavy atom. The Bertz CT molecular complexity index is 344. The molecular weight excluding hydrogens is 271 g/mol. The van der Waals surface area contributed by atoms with E-state index in [1.807, 2.05) is 26.8 Å². The molecule has 1 aromatic carbocycles. The first-order valence-corrected chi connectivity index (χ1v) is 6.56. The van der Waals surface area contributed by atoms with E-state index in [-0.39, 0.29) is 11.2 Å². The van der Waals surface area contributed by atoms with Crippen LogP contribution in [0.5, 0.6) is 5.75 Å². The van der Waals surface area contributed by atoms with Crippen LogP contribution >= 0.6 is 15.9 Å². The van der Waals surface area contributed by atoms with Crippen LogP contribution in [0.4, 0.5) is 4.39 Å². The van der Waals surface area contributed by atoms with E-state index >= 15 is 0 Å². The lowest BCUT2D eigenvalue weighted by Gasteiger charge is -2.20. The van der Waals surface area contributed by atoms with Crippen molar-refractivity contribution in [2.75, 3.05) is 11.9 Å². The molecule has 0 atom stereocenters. The van der Waals surface area contributed by atoms with Crippen LogP contribution in [0.15, 0.2) is 18.2 Å². The van der Waals surface area contributed by atoms with Gasteiger partial charge in [0.15, 0.2) is 0 Å². The maximum Gasteiger partial charge on any atom is 0.130 e. The number of rotatable bonds is 4. The summed E-state index contributed by atoms with van der Waals surface area (Å²) in [5.74, 6) is 0.412. The predicted octanol–water partition coefficient (Wildman–Crippen LogP) is 4.29. The third kappa shape index (κ3) is 3.78. The highest BCUT2D eigenvalue weighted by molar-refractivity contribution is 9.09. The van der Waals surface area contributed by atoms with Crippen molar-refractivity contribution < 1.29 is 9.13 Å². The average Bonchev–Trinajstić information content (AvgIpc) is 2.16. The van der Waals surface area contributed by atoms with Gasteiger partial charge in [0.2, 0.25) is 0 Å². The minimum absolute atomic E-state index is 0.168. The van der Waals surface area contributed by atoms with Crippen LogP contribution in [0, 0.1) is 5.82 Å². The average molecular weight is 289 g/mol. The molecule has 0 radical (unpaired) electrons. The fourth-order valence-electron chi connectivity index (χ4n) is 1.44. The molecule has 1 nitrogen and oxygen atoms in total. The van der Waals surface area contributed by atoms with E-state index in [2.05, 4.69) is 15.9 Å². The highest BCUT2D eigenvalue weighted by Gasteiger charge is 2.18. The standard InChI is InChI=1S/C13H18BrFO/c1-13(2,3)11-6-5-10(9-12(11)15)16-8-4-7-14/h5-6,9H,4,7-8H2,1-3H3. The van der Waals surface area contributed by atoms with E-state index in [9.17, 15) is 4.39 Å². The number of ether oxygens (including phenoxy) is 1. The molecule has 90 valence electrons. The van der Waals surface area contributed by atoms with Crippen molar-refractivity contribution in [2.24, 2.45) is 0 Å². The third-order valence-corrected chi connectivity index (χ3v) is 2.86. The Morgan fingerprint density at radius 1 is 1.31 bits per heavy atom. The van der Waals surface area contributed by atoms with Gasteiger partial charge in [-0.1, -0.05) is 42.8 Å². The number of alkyl halides is 1. The molecule has 0 saturated heterocycles. The van der Waals surface area contributed by atoms with Crippen molar-refractivity contribution in [1.29, 1.82) is 0 Å². The van der Waals surface area contributed by atoms with Gasteiger partial charge in [0.25, 0.3) is 0 Å². The maximum atomic E-state index is 13.8. The van der Waals surface area contributed by atoms with E-state index in [1.54, 1.807) is 6.07 Å². The van der Waals surface area contributed by atoms with E-state index in [1.165, 1.54) is 6.07 Å². The summed E-state index contributed by atoms with van der Waals surface area (Å²) in [5, 5.41) is 0.898. The first kappa shape index (κ1) is 13.5. The maximum absolute atomic E-state index is 13.8. The van der Waals surface area contributed by atoms with Crippen LogP contribution in [-0.4, -0.2) is 11.9 Å². The Labute approximate surface area is 105 Å². The Kier molecular flexibility index (Phi) is 4.78. The van der Waals surface area contributed by atoms with Gasteiger partial charge in [-0.15, -0.1) is 0 Å². The minimum Gasteiger partial charge on any atom is -0.493 e. The Hall–Kier alpha value is -0.570. The monoisotopic (exact) mass is 288 g/mol. The minimum atomic E-state index is -0.191. The lowest BCUT2D eigenvalue weighted by molar-refractivity contribution is 0.316. The first-order chi connectivity index (χ1) is 7.45.